The summed E-state index contributed by atoms with van der Waals surface area (Å²) in [5.74, 6) is -1.26. The summed E-state index contributed by atoms with van der Waals surface area (Å²) in [5.41, 5.74) is 1.03. The maximum absolute atomic E-state index is 13.3. The molecule has 0 saturated carbocycles. The minimum atomic E-state index is -4.07. The number of nitrogens with one attached hydrogen (secondary N) is 1. The second-order valence-corrected chi connectivity index (χ2v) is 9.06. The van der Waals surface area contributed by atoms with Crippen LogP contribution < -0.4 is 9.62 Å². The minimum absolute atomic E-state index is 0.0296. The number of sulfonamides is 1. The van der Waals surface area contributed by atoms with E-state index in [-0.39, 0.29) is 21.3 Å². The normalized spacial score (nSPS) is 11.2. The van der Waals surface area contributed by atoms with E-state index in [0.29, 0.717) is 10.6 Å². The van der Waals surface area contributed by atoms with Crippen LogP contribution in [0.1, 0.15) is 5.56 Å². The molecule has 9 heteroatoms. The molecule has 3 rings (SSSR count). The lowest BCUT2D eigenvalue weighted by atomic mass is 10.2. The van der Waals surface area contributed by atoms with Crippen LogP contribution in [0.2, 0.25) is 10.0 Å². The van der Waals surface area contributed by atoms with Crippen LogP contribution >= 0.6 is 23.2 Å². The van der Waals surface area contributed by atoms with Crippen molar-refractivity contribution in [3.05, 3.63) is 88.2 Å². The van der Waals surface area contributed by atoms with Gasteiger partial charge >= 0.3 is 0 Å². The van der Waals surface area contributed by atoms with E-state index < -0.39 is 28.3 Å². The summed E-state index contributed by atoms with van der Waals surface area (Å²) < 4.78 is 41.0. The van der Waals surface area contributed by atoms with Gasteiger partial charge < -0.3 is 5.32 Å². The lowest BCUT2D eigenvalue weighted by molar-refractivity contribution is -0.114. The monoisotopic (exact) mass is 466 g/mol. The van der Waals surface area contributed by atoms with Crippen LogP contribution in [-0.2, 0) is 14.8 Å². The second-order valence-electron chi connectivity index (χ2n) is 6.39. The van der Waals surface area contributed by atoms with Crippen LogP contribution in [0.25, 0.3) is 0 Å². The van der Waals surface area contributed by atoms with E-state index in [2.05, 4.69) is 5.32 Å². The highest BCUT2D eigenvalue weighted by Gasteiger charge is 2.28. The number of rotatable bonds is 6. The quantitative estimate of drug-likeness (QED) is 0.537. The summed E-state index contributed by atoms with van der Waals surface area (Å²) >= 11 is 11.9. The van der Waals surface area contributed by atoms with Crippen LogP contribution in [0.4, 0.5) is 15.8 Å². The van der Waals surface area contributed by atoms with E-state index >= 15 is 0 Å². The Hall–Kier alpha value is -2.61. The SMILES string of the molecule is Cc1c(Cl)cccc1N(CC(=O)Nc1ccc(F)c(Cl)c1)S(=O)(=O)c1ccccc1. The minimum Gasteiger partial charge on any atom is -0.324 e. The van der Waals surface area contributed by atoms with Gasteiger partial charge in [-0.2, -0.15) is 0 Å². The molecule has 0 saturated heterocycles. The fraction of sp³-hybridized carbons (Fsp3) is 0.0952. The molecular formula is C21H17Cl2FN2O3S. The topological polar surface area (TPSA) is 66.5 Å². The largest absolute Gasteiger partial charge is 0.324 e. The number of nitrogens with zero attached hydrogens (tertiary/aromatic N) is 1. The Morgan fingerprint density at radius 3 is 2.37 bits per heavy atom. The Bertz CT molecular complexity index is 1190. The Morgan fingerprint density at radius 2 is 1.70 bits per heavy atom. The van der Waals surface area contributed by atoms with Gasteiger partial charge in [0.1, 0.15) is 12.4 Å². The molecule has 1 N–H and O–H groups in total. The van der Waals surface area contributed by atoms with Gasteiger partial charge in [-0.05, 0) is 55.0 Å². The van der Waals surface area contributed by atoms with Crippen molar-refractivity contribution in [2.45, 2.75) is 11.8 Å². The van der Waals surface area contributed by atoms with Crippen molar-refractivity contribution in [1.82, 2.24) is 0 Å². The molecule has 0 radical (unpaired) electrons. The number of hydrogen-bond acceptors (Lipinski definition) is 3. The molecule has 5 nitrogen and oxygen atoms in total. The van der Waals surface area contributed by atoms with Gasteiger partial charge in [0.2, 0.25) is 5.91 Å². The standard InChI is InChI=1S/C21H17Cl2FN2O3S/c1-14-17(22)8-5-9-20(14)26(30(28,29)16-6-3-2-4-7-16)13-21(27)25-15-10-11-19(24)18(23)12-15/h2-12H,13H2,1H3,(H,25,27). The number of hydrogen-bond donors (Lipinski definition) is 1. The van der Waals surface area contributed by atoms with Gasteiger partial charge in [0.15, 0.2) is 0 Å². The molecular weight excluding hydrogens is 450 g/mol. The molecule has 3 aromatic carbocycles. The van der Waals surface area contributed by atoms with Crippen molar-refractivity contribution >= 4 is 50.5 Å². The third kappa shape index (κ3) is 4.75. The molecule has 3 aromatic rings. The Labute approximate surface area is 184 Å². The van der Waals surface area contributed by atoms with Crippen molar-refractivity contribution in [3.63, 3.8) is 0 Å². The van der Waals surface area contributed by atoms with Gasteiger partial charge in [0.25, 0.3) is 10.0 Å². The summed E-state index contributed by atoms with van der Waals surface area (Å²) in [4.78, 5) is 12.7. The van der Waals surface area contributed by atoms with E-state index in [4.69, 9.17) is 23.2 Å². The maximum atomic E-state index is 13.3. The van der Waals surface area contributed by atoms with E-state index in [1.165, 1.54) is 24.3 Å². The first kappa shape index (κ1) is 22.1. The number of amides is 1. The molecule has 0 unspecified atom stereocenters. The van der Waals surface area contributed by atoms with E-state index in [1.54, 1.807) is 43.3 Å². The molecule has 0 spiro atoms. The summed E-state index contributed by atoms with van der Waals surface area (Å²) in [6, 6.07) is 16.3. The van der Waals surface area contributed by atoms with Crippen LogP contribution in [0.5, 0.6) is 0 Å². The second kappa shape index (κ2) is 9.04. The molecule has 0 aliphatic carbocycles. The molecule has 1 amide bonds. The molecule has 0 fully saturated rings. The molecule has 0 bridgehead atoms. The van der Waals surface area contributed by atoms with E-state index in [0.717, 1.165) is 10.4 Å². The van der Waals surface area contributed by atoms with E-state index in [1.807, 2.05) is 0 Å². The van der Waals surface area contributed by atoms with Crippen molar-refractivity contribution < 1.29 is 17.6 Å². The predicted octanol–water partition coefficient (Wildman–Crippen LogP) is 5.27. The fourth-order valence-electron chi connectivity index (χ4n) is 2.79. The molecule has 30 heavy (non-hydrogen) atoms. The lowest BCUT2D eigenvalue weighted by Crippen LogP contribution is -2.38. The Balaban J connectivity index is 1.98. The smallest absolute Gasteiger partial charge is 0.264 e. The first-order valence-corrected chi connectivity index (χ1v) is 11.0. The Morgan fingerprint density at radius 1 is 1.00 bits per heavy atom. The number of carbonyl (C=O) groups excluding carboxylic acids is 1. The summed E-state index contributed by atoms with van der Waals surface area (Å²) in [7, 11) is -4.07. The lowest BCUT2D eigenvalue weighted by Gasteiger charge is -2.26. The first-order valence-electron chi connectivity index (χ1n) is 8.78. The van der Waals surface area contributed by atoms with Crippen LogP contribution in [0.3, 0.4) is 0 Å². The van der Waals surface area contributed by atoms with Crippen molar-refractivity contribution in [2.75, 3.05) is 16.2 Å². The summed E-state index contributed by atoms with van der Waals surface area (Å²) in [6.07, 6.45) is 0. The number of halogens is 3. The van der Waals surface area contributed by atoms with E-state index in [9.17, 15) is 17.6 Å². The average Bonchev–Trinajstić information content (AvgIpc) is 2.72. The van der Waals surface area contributed by atoms with Crippen LogP contribution in [-0.4, -0.2) is 20.9 Å². The third-order valence-corrected chi connectivity index (χ3v) is 6.80. The summed E-state index contributed by atoms with van der Waals surface area (Å²) in [6.45, 7) is 1.15. The van der Waals surface area contributed by atoms with Crippen LogP contribution in [0.15, 0.2) is 71.6 Å². The molecule has 0 heterocycles. The third-order valence-electron chi connectivity index (χ3n) is 4.33. The molecule has 156 valence electrons. The zero-order valence-electron chi connectivity index (χ0n) is 15.8. The maximum Gasteiger partial charge on any atom is 0.264 e. The van der Waals surface area contributed by atoms with Crippen molar-refractivity contribution in [2.24, 2.45) is 0 Å². The Kier molecular flexibility index (Phi) is 6.65. The van der Waals surface area contributed by atoms with Gasteiger partial charge in [-0.25, -0.2) is 12.8 Å². The predicted molar refractivity (Wildman–Crippen MR) is 117 cm³/mol. The van der Waals surface area contributed by atoms with Gasteiger partial charge in [-0.15, -0.1) is 0 Å². The van der Waals surface area contributed by atoms with Gasteiger partial charge in [0.05, 0.1) is 15.6 Å². The van der Waals surface area contributed by atoms with Gasteiger partial charge in [-0.1, -0.05) is 47.5 Å². The molecule has 0 atom stereocenters. The number of anilines is 2. The highest BCUT2D eigenvalue weighted by Crippen LogP contribution is 2.31. The van der Waals surface area contributed by atoms with Crippen LogP contribution in [0, 0.1) is 12.7 Å². The zero-order valence-corrected chi connectivity index (χ0v) is 18.1. The van der Waals surface area contributed by atoms with Crippen molar-refractivity contribution in [1.29, 1.82) is 0 Å². The molecule has 0 aromatic heterocycles. The van der Waals surface area contributed by atoms with Gasteiger partial charge in [-0.3, -0.25) is 9.10 Å². The molecule has 0 aliphatic rings. The fourth-order valence-corrected chi connectivity index (χ4v) is 4.64. The highest BCUT2D eigenvalue weighted by molar-refractivity contribution is 7.92. The summed E-state index contributed by atoms with van der Waals surface area (Å²) in [5, 5.41) is 2.75. The number of benzene rings is 3. The number of carbonyl (C=O) groups is 1. The average molecular weight is 467 g/mol. The molecule has 0 aliphatic heterocycles. The highest BCUT2D eigenvalue weighted by atomic mass is 35.5. The van der Waals surface area contributed by atoms with Gasteiger partial charge in [0, 0.05) is 10.7 Å². The first-order chi connectivity index (χ1) is 14.2. The van der Waals surface area contributed by atoms with Crippen molar-refractivity contribution in [3.8, 4) is 0 Å². The zero-order chi connectivity index (χ0) is 21.9.